The van der Waals surface area contributed by atoms with Crippen LogP contribution in [-0.2, 0) is 17.1 Å². The SMILES string of the molecule is CNCCCN(C)S(=O)(=O)c1ncn(C)c1Cl. The van der Waals surface area contributed by atoms with Crippen LogP contribution in [0.4, 0.5) is 0 Å². The predicted molar refractivity (Wildman–Crippen MR) is 66.6 cm³/mol. The van der Waals surface area contributed by atoms with E-state index in [1.807, 2.05) is 7.05 Å². The maximum Gasteiger partial charge on any atom is 0.263 e. The Morgan fingerprint density at radius 1 is 1.59 bits per heavy atom. The summed E-state index contributed by atoms with van der Waals surface area (Å²) in [6, 6.07) is 0. The van der Waals surface area contributed by atoms with E-state index in [4.69, 9.17) is 11.6 Å². The number of nitrogens with zero attached hydrogens (tertiary/aromatic N) is 3. The van der Waals surface area contributed by atoms with Crippen molar-refractivity contribution in [1.82, 2.24) is 19.2 Å². The molecule has 1 rings (SSSR count). The Morgan fingerprint density at radius 3 is 2.71 bits per heavy atom. The molecular weight excluding hydrogens is 264 g/mol. The van der Waals surface area contributed by atoms with Gasteiger partial charge in [0.1, 0.15) is 5.15 Å². The van der Waals surface area contributed by atoms with Gasteiger partial charge in [0.15, 0.2) is 0 Å². The van der Waals surface area contributed by atoms with Crippen molar-refractivity contribution >= 4 is 21.6 Å². The van der Waals surface area contributed by atoms with Gasteiger partial charge in [0.05, 0.1) is 6.33 Å². The average Bonchev–Trinajstić information content (AvgIpc) is 2.60. The number of halogens is 1. The van der Waals surface area contributed by atoms with Crippen LogP contribution in [0.3, 0.4) is 0 Å². The molecule has 0 aromatic carbocycles. The first kappa shape index (κ1) is 14.4. The quantitative estimate of drug-likeness (QED) is 0.762. The molecule has 0 atom stereocenters. The van der Waals surface area contributed by atoms with Gasteiger partial charge in [0, 0.05) is 20.6 Å². The van der Waals surface area contributed by atoms with E-state index in [1.165, 1.54) is 22.2 Å². The van der Waals surface area contributed by atoms with Gasteiger partial charge in [-0.3, -0.25) is 0 Å². The smallest absolute Gasteiger partial charge is 0.263 e. The van der Waals surface area contributed by atoms with Crippen molar-refractivity contribution in [3.8, 4) is 0 Å². The lowest BCUT2D eigenvalue weighted by Crippen LogP contribution is -2.30. The first-order valence-electron chi connectivity index (χ1n) is 5.19. The van der Waals surface area contributed by atoms with Crippen LogP contribution in [0, 0.1) is 0 Å². The lowest BCUT2D eigenvalue weighted by molar-refractivity contribution is 0.456. The largest absolute Gasteiger partial charge is 0.324 e. The highest BCUT2D eigenvalue weighted by Gasteiger charge is 2.26. The molecule has 0 bridgehead atoms. The zero-order chi connectivity index (χ0) is 13.1. The van der Waals surface area contributed by atoms with Crippen LogP contribution in [-0.4, -0.2) is 49.5 Å². The first-order valence-corrected chi connectivity index (χ1v) is 7.00. The zero-order valence-corrected chi connectivity index (χ0v) is 11.7. The second-order valence-electron chi connectivity index (χ2n) is 3.74. The Morgan fingerprint density at radius 2 is 2.24 bits per heavy atom. The summed E-state index contributed by atoms with van der Waals surface area (Å²) in [5, 5.41) is 3.00. The minimum atomic E-state index is -3.59. The molecule has 1 aromatic rings. The zero-order valence-electron chi connectivity index (χ0n) is 10.1. The topological polar surface area (TPSA) is 67.2 Å². The second kappa shape index (κ2) is 5.81. The van der Waals surface area contributed by atoms with Gasteiger partial charge in [-0.15, -0.1) is 0 Å². The molecule has 0 amide bonds. The van der Waals surface area contributed by atoms with E-state index in [1.54, 1.807) is 7.05 Å². The summed E-state index contributed by atoms with van der Waals surface area (Å²) in [7, 11) is 1.41. The van der Waals surface area contributed by atoms with Gasteiger partial charge in [0.25, 0.3) is 10.0 Å². The predicted octanol–water partition coefficient (Wildman–Crippen LogP) is 0.303. The molecule has 1 aromatic heterocycles. The van der Waals surface area contributed by atoms with Crippen molar-refractivity contribution in [2.24, 2.45) is 7.05 Å². The summed E-state index contributed by atoms with van der Waals surface area (Å²) in [5.74, 6) is 0. The van der Waals surface area contributed by atoms with Gasteiger partial charge in [-0.2, -0.15) is 4.31 Å². The average molecular weight is 281 g/mol. The van der Waals surface area contributed by atoms with Crippen LogP contribution in [0.1, 0.15) is 6.42 Å². The van der Waals surface area contributed by atoms with Crippen molar-refractivity contribution in [1.29, 1.82) is 0 Å². The van der Waals surface area contributed by atoms with E-state index in [-0.39, 0.29) is 10.2 Å². The van der Waals surface area contributed by atoms with Gasteiger partial charge < -0.3 is 9.88 Å². The molecule has 0 spiro atoms. The first-order chi connectivity index (χ1) is 7.91. The normalized spacial score (nSPS) is 12.3. The number of rotatable bonds is 6. The summed E-state index contributed by atoms with van der Waals surface area (Å²) < 4.78 is 26.9. The maximum absolute atomic E-state index is 12.1. The number of nitrogens with one attached hydrogen (secondary N) is 1. The monoisotopic (exact) mass is 280 g/mol. The van der Waals surface area contributed by atoms with Crippen LogP contribution in [0.25, 0.3) is 0 Å². The number of sulfonamides is 1. The third-order valence-corrected chi connectivity index (χ3v) is 4.74. The Balaban J connectivity index is 2.84. The number of aromatic nitrogens is 2. The standard InChI is InChI=1S/C9H17ClN4O2S/c1-11-5-4-6-14(3)17(15,16)9-8(10)13(2)7-12-9/h7,11H,4-6H2,1-3H3. The summed E-state index contributed by atoms with van der Waals surface area (Å²) in [4.78, 5) is 3.82. The summed E-state index contributed by atoms with van der Waals surface area (Å²) in [6.07, 6.45) is 2.12. The van der Waals surface area contributed by atoms with Gasteiger partial charge in [-0.25, -0.2) is 13.4 Å². The number of hydrogen-bond acceptors (Lipinski definition) is 4. The molecule has 0 saturated heterocycles. The number of imidazole rings is 1. The molecule has 0 radical (unpaired) electrons. The molecule has 0 aliphatic heterocycles. The Labute approximate surface area is 107 Å². The molecular formula is C9H17ClN4O2S. The minimum absolute atomic E-state index is 0.0892. The van der Waals surface area contributed by atoms with Crippen LogP contribution in [0.2, 0.25) is 5.15 Å². The Kier molecular flexibility index (Phi) is 4.93. The van der Waals surface area contributed by atoms with Crippen molar-refractivity contribution in [2.75, 3.05) is 27.2 Å². The Bertz CT molecular complexity index is 471. The third kappa shape index (κ3) is 3.19. The van der Waals surface area contributed by atoms with E-state index >= 15 is 0 Å². The van der Waals surface area contributed by atoms with Crippen molar-refractivity contribution in [3.63, 3.8) is 0 Å². The summed E-state index contributed by atoms with van der Waals surface area (Å²) in [5.41, 5.74) is 0. The molecule has 6 nitrogen and oxygen atoms in total. The van der Waals surface area contributed by atoms with Crippen molar-refractivity contribution < 1.29 is 8.42 Å². The fourth-order valence-corrected chi connectivity index (χ4v) is 2.90. The maximum atomic E-state index is 12.1. The van der Waals surface area contributed by atoms with Gasteiger partial charge >= 0.3 is 0 Å². The second-order valence-corrected chi connectivity index (χ2v) is 6.05. The molecule has 1 N–H and O–H groups in total. The van der Waals surface area contributed by atoms with E-state index in [0.29, 0.717) is 6.54 Å². The van der Waals surface area contributed by atoms with E-state index in [0.717, 1.165) is 13.0 Å². The lowest BCUT2D eigenvalue weighted by Gasteiger charge is -2.15. The summed E-state index contributed by atoms with van der Waals surface area (Å²) >= 11 is 5.88. The molecule has 17 heavy (non-hydrogen) atoms. The number of hydrogen-bond donors (Lipinski definition) is 1. The molecule has 0 saturated carbocycles. The third-order valence-electron chi connectivity index (χ3n) is 2.39. The fourth-order valence-electron chi connectivity index (χ4n) is 1.31. The van der Waals surface area contributed by atoms with E-state index < -0.39 is 10.0 Å². The lowest BCUT2D eigenvalue weighted by atomic mass is 10.4. The molecule has 98 valence electrons. The highest BCUT2D eigenvalue weighted by molar-refractivity contribution is 7.89. The Hall–Kier alpha value is -0.630. The van der Waals surface area contributed by atoms with Crippen LogP contribution in [0.5, 0.6) is 0 Å². The molecule has 0 fully saturated rings. The molecule has 0 aliphatic rings. The van der Waals surface area contributed by atoms with E-state index in [2.05, 4.69) is 10.3 Å². The minimum Gasteiger partial charge on any atom is -0.324 e. The highest BCUT2D eigenvalue weighted by atomic mass is 35.5. The highest BCUT2D eigenvalue weighted by Crippen LogP contribution is 2.21. The van der Waals surface area contributed by atoms with Crippen LogP contribution < -0.4 is 5.32 Å². The van der Waals surface area contributed by atoms with Crippen LogP contribution in [0.15, 0.2) is 11.4 Å². The van der Waals surface area contributed by atoms with Crippen LogP contribution >= 0.6 is 11.6 Å². The molecule has 0 aliphatic carbocycles. The number of aryl methyl sites for hydroxylation is 1. The molecule has 1 heterocycles. The van der Waals surface area contributed by atoms with E-state index in [9.17, 15) is 8.42 Å². The van der Waals surface area contributed by atoms with Crippen molar-refractivity contribution in [2.45, 2.75) is 11.4 Å². The van der Waals surface area contributed by atoms with Gasteiger partial charge in [-0.1, -0.05) is 11.6 Å². The fraction of sp³-hybridized carbons (Fsp3) is 0.667. The van der Waals surface area contributed by atoms with Crippen molar-refractivity contribution in [3.05, 3.63) is 11.5 Å². The van der Waals surface area contributed by atoms with Gasteiger partial charge in [0.2, 0.25) is 5.03 Å². The van der Waals surface area contributed by atoms with Gasteiger partial charge in [-0.05, 0) is 20.0 Å². The summed E-state index contributed by atoms with van der Waals surface area (Å²) in [6.45, 7) is 1.19. The molecule has 8 heteroatoms. The molecule has 0 unspecified atom stereocenters.